The number of carbonyl (C=O) groups excluding carboxylic acids is 1. The fourth-order valence-electron chi connectivity index (χ4n) is 5.79. The van der Waals surface area contributed by atoms with Crippen LogP contribution in [-0.4, -0.2) is 56.8 Å². The van der Waals surface area contributed by atoms with Crippen LogP contribution in [0.4, 0.5) is 11.6 Å². The van der Waals surface area contributed by atoms with E-state index in [1.165, 1.54) is 0 Å². The summed E-state index contributed by atoms with van der Waals surface area (Å²) >= 11 is 7.01. The van der Waals surface area contributed by atoms with E-state index in [4.69, 9.17) is 14.7 Å². The molecule has 6 aromatic heterocycles. The summed E-state index contributed by atoms with van der Waals surface area (Å²) < 4.78 is 10.3. The van der Waals surface area contributed by atoms with E-state index in [9.17, 15) is 9.90 Å². The second kappa shape index (κ2) is 17.4. The number of nitrogens with one attached hydrogen (secondary N) is 2. The lowest BCUT2D eigenvalue weighted by Crippen LogP contribution is -2.09. The third-order valence-electron chi connectivity index (χ3n) is 8.41. The number of anilines is 2. The lowest BCUT2D eigenvalue weighted by atomic mass is 10.0. The molecule has 0 saturated heterocycles. The van der Waals surface area contributed by atoms with Gasteiger partial charge in [0.2, 0.25) is 0 Å². The van der Waals surface area contributed by atoms with E-state index in [1.807, 2.05) is 85.1 Å². The molecule has 0 aliphatic carbocycles. The Morgan fingerprint density at radius 1 is 0.709 bits per heavy atom. The highest BCUT2D eigenvalue weighted by molar-refractivity contribution is 9.11. The highest BCUT2D eigenvalue weighted by Crippen LogP contribution is 2.30. The number of pyridine rings is 2. The molecule has 0 unspecified atom stereocenters. The van der Waals surface area contributed by atoms with Gasteiger partial charge in [-0.15, -0.1) is 0 Å². The van der Waals surface area contributed by atoms with Gasteiger partial charge in [0.25, 0.3) is 0 Å². The summed E-state index contributed by atoms with van der Waals surface area (Å²) in [6.45, 7) is 3.25. The summed E-state index contributed by atoms with van der Waals surface area (Å²) in [4.78, 5) is 30.1. The Bertz CT molecular complexity index is 2560. The third-order valence-corrected chi connectivity index (χ3v) is 9.53. The van der Waals surface area contributed by atoms with E-state index >= 15 is 0 Å². The van der Waals surface area contributed by atoms with Crippen molar-refractivity contribution in [3.8, 4) is 22.5 Å². The van der Waals surface area contributed by atoms with Gasteiger partial charge in [0.15, 0.2) is 11.3 Å². The molecule has 0 amide bonds. The highest BCUT2D eigenvalue weighted by Gasteiger charge is 2.18. The minimum atomic E-state index is -0.373. The molecule has 0 fully saturated rings. The zero-order valence-corrected chi connectivity index (χ0v) is 32.6. The standard InChI is InChI=1S/C21H18BrN5O2.C19H16BrN5O/c1-2-29-21(28)16-8-4-3-7-15(16)18-10-19(24-12-14-6-5-9-23-11-14)27-20(26-18)17(22)13-25-27;20-16-11-23-25-18(22-10-13-4-3-7-21-9-13)8-17(24-19(16)25)15-6-2-1-5-14(15)12-26/h3-11,13,24H,2,12H2,1H3;1-9,11,22,26H,10,12H2. The highest BCUT2D eigenvalue weighted by atomic mass is 79.9. The molecule has 8 aromatic rings. The van der Waals surface area contributed by atoms with Crippen LogP contribution in [0.15, 0.2) is 131 Å². The summed E-state index contributed by atoms with van der Waals surface area (Å²) in [7, 11) is 0. The lowest BCUT2D eigenvalue weighted by molar-refractivity contribution is 0.0527. The van der Waals surface area contributed by atoms with Gasteiger partial charge in [0.1, 0.15) is 11.6 Å². The van der Waals surface area contributed by atoms with Gasteiger partial charge in [-0.1, -0.05) is 54.6 Å². The van der Waals surface area contributed by atoms with Gasteiger partial charge in [-0.3, -0.25) is 9.97 Å². The van der Waals surface area contributed by atoms with Crippen LogP contribution in [0.5, 0.6) is 0 Å². The predicted octanol–water partition coefficient (Wildman–Crippen LogP) is 8.00. The lowest BCUT2D eigenvalue weighted by Gasteiger charge is -2.13. The van der Waals surface area contributed by atoms with Crippen LogP contribution in [0.25, 0.3) is 33.8 Å². The molecule has 3 N–H and O–H groups in total. The number of aromatic nitrogens is 8. The Hall–Kier alpha value is -6.03. The molecule has 0 bridgehead atoms. The number of fused-ring (bicyclic) bond motifs is 2. The van der Waals surface area contributed by atoms with Crippen LogP contribution in [0.2, 0.25) is 0 Å². The van der Waals surface area contributed by atoms with E-state index in [0.717, 1.165) is 48.5 Å². The fraction of sp³-hybridized carbons (Fsp3) is 0.125. The van der Waals surface area contributed by atoms with E-state index in [2.05, 4.69) is 62.7 Å². The summed E-state index contributed by atoms with van der Waals surface area (Å²) in [6.07, 6.45) is 10.5. The van der Waals surface area contributed by atoms with Crippen LogP contribution in [-0.2, 0) is 24.4 Å². The Labute approximate surface area is 332 Å². The summed E-state index contributed by atoms with van der Waals surface area (Å²) in [5, 5.41) is 25.2. The van der Waals surface area contributed by atoms with Gasteiger partial charge >= 0.3 is 5.97 Å². The van der Waals surface area contributed by atoms with Gasteiger partial charge < -0.3 is 20.5 Å². The summed E-state index contributed by atoms with van der Waals surface area (Å²) in [6, 6.07) is 26.6. The molecule has 2 aromatic carbocycles. The van der Waals surface area contributed by atoms with Gasteiger partial charge in [-0.2, -0.15) is 19.2 Å². The smallest absolute Gasteiger partial charge is 0.338 e. The van der Waals surface area contributed by atoms with Crippen molar-refractivity contribution in [2.24, 2.45) is 0 Å². The van der Waals surface area contributed by atoms with E-state index in [0.29, 0.717) is 47.8 Å². The van der Waals surface area contributed by atoms with Crippen molar-refractivity contribution < 1.29 is 14.6 Å². The first kappa shape index (κ1) is 37.3. The molecule has 0 atom stereocenters. The second-order valence-corrected chi connectivity index (χ2v) is 13.7. The molecule has 55 heavy (non-hydrogen) atoms. The number of halogens is 2. The number of carbonyl (C=O) groups is 1. The van der Waals surface area contributed by atoms with E-state index < -0.39 is 0 Å². The number of hydrogen-bond donors (Lipinski definition) is 3. The largest absolute Gasteiger partial charge is 0.462 e. The Morgan fingerprint density at radius 3 is 1.76 bits per heavy atom. The molecule has 276 valence electrons. The van der Waals surface area contributed by atoms with Crippen LogP contribution < -0.4 is 10.6 Å². The van der Waals surface area contributed by atoms with Crippen LogP contribution in [0, 0.1) is 0 Å². The minimum absolute atomic E-state index is 0.0398. The molecule has 0 saturated carbocycles. The molecular formula is C40H34Br2N10O3. The Morgan fingerprint density at radius 2 is 1.24 bits per heavy atom. The summed E-state index contributed by atoms with van der Waals surface area (Å²) in [5.41, 5.74) is 7.80. The average molecular weight is 863 g/mol. The maximum Gasteiger partial charge on any atom is 0.338 e. The second-order valence-electron chi connectivity index (χ2n) is 12.0. The first-order chi connectivity index (χ1) is 26.9. The number of ether oxygens (including phenoxy) is 1. The molecule has 0 spiro atoms. The number of benzene rings is 2. The van der Waals surface area contributed by atoms with Gasteiger partial charge in [-0.25, -0.2) is 14.8 Å². The Kier molecular flexibility index (Phi) is 11.8. The van der Waals surface area contributed by atoms with Gasteiger partial charge in [0.05, 0.1) is 51.5 Å². The topological polar surface area (TPSA) is 157 Å². The molecule has 0 aliphatic rings. The zero-order chi connectivity index (χ0) is 38.1. The van der Waals surface area contributed by atoms with Crippen molar-refractivity contribution in [2.75, 3.05) is 17.2 Å². The Balaban J connectivity index is 0.000000170. The normalized spacial score (nSPS) is 10.9. The quantitative estimate of drug-likeness (QED) is 0.108. The van der Waals surface area contributed by atoms with Gasteiger partial charge in [0, 0.05) is 61.1 Å². The average Bonchev–Trinajstić information content (AvgIpc) is 3.81. The molecule has 0 radical (unpaired) electrons. The first-order valence-corrected chi connectivity index (χ1v) is 18.8. The molecule has 0 aliphatic heterocycles. The number of esters is 1. The zero-order valence-electron chi connectivity index (χ0n) is 29.5. The number of rotatable bonds is 11. The van der Waals surface area contributed by atoms with Crippen LogP contribution in [0.3, 0.4) is 0 Å². The van der Waals surface area contributed by atoms with Crippen LogP contribution in [0.1, 0.15) is 34.0 Å². The third kappa shape index (κ3) is 8.54. The molecule has 15 heteroatoms. The SMILES string of the molecule is CCOC(=O)c1ccccc1-c1cc(NCc2cccnc2)n2ncc(Br)c2n1.OCc1ccccc1-c1cc(NCc2cccnc2)n2ncc(Br)c2n1. The van der Waals surface area contributed by atoms with Crippen molar-refractivity contribution in [1.29, 1.82) is 0 Å². The number of aliphatic hydroxyl groups is 1. The van der Waals surface area contributed by atoms with Crippen molar-refractivity contribution >= 4 is 60.8 Å². The van der Waals surface area contributed by atoms with E-state index in [-0.39, 0.29) is 12.6 Å². The number of nitrogens with zero attached hydrogens (tertiary/aromatic N) is 8. The molecule has 13 nitrogen and oxygen atoms in total. The maximum absolute atomic E-state index is 12.4. The number of aliphatic hydroxyl groups excluding tert-OH is 1. The molecule has 6 heterocycles. The van der Waals surface area contributed by atoms with E-state index in [1.54, 1.807) is 53.0 Å². The number of hydrogen-bond acceptors (Lipinski definition) is 11. The van der Waals surface area contributed by atoms with Crippen molar-refractivity contribution in [3.63, 3.8) is 0 Å². The minimum Gasteiger partial charge on any atom is -0.462 e. The van der Waals surface area contributed by atoms with Crippen molar-refractivity contribution in [1.82, 2.24) is 39.2 Å². The van der Waals surface area contributed by atoms with Crippen LogP contribution >= 0.6 is 31.9 Å². The van der Waals surface area contributed by atoms with Crippen molar-refractivity contribution in [2.45, 2.75) is 26.6 Å². The predicted molar refractivity (Wildman–Crippen MR) is 217 cm³/mol. The molecular weight excluding hydrogens is 828 g/mol. The fourth-order valence-corrected chi connectivity index (χ4v) is 6.49. The molecule has 8 rings (SSSR count). The maximum atomic E-state index is 12.4. The summed E-state index contributed by atoms with van der Waals surface area (Å²) in [5.74, 6) is 1.19. The monoisotopic (exact) mass is 860 g/mol. The van der Waals surface area contributed by atoms with Crippen molar-refractivity contribution in [3.05, 3.63) is 153 Å². The first-order valence-electron chi connectivity index (χ1n) is 17.2. The van der Waals surface area contributed by atoms with Gasteiger partial charge in [-0.05, 0) is 73.7 Å².